The van der Waals surface area contributed by atoms with Gasteiger partial charge < -0.3 is 0 Å². The number of hydrogen-bond donors (Lipinski definition) is 1. The van der Waals surface area contributed by atoms with Crippen molar-refractivity contribution >= 4 is 44.7 Å². The van der Waals surface area contributed by atoms with Gasteiger partial charge in [0.2, 0.25) is 0 Å². The van der Waals surface area contributed by atoms with Crippen molar-refractivity contribution in [2.45, 2.75) is 33.7 Å². The predicted octanol–water partition coefficient (Wildman–Crippen LogP) is 6.13. The Morgan fingerprint density at radius 1 is 1.09 bits per heavy atom. The van der Waals surface area contributed by atoms with Gasteiger partial charge in [-0.2, -0.15) is 5.10 Å². The number of aromatic nitrogens is 5. The first-order chi connectivity index (χ1) is 15.9. The summed E-state index contributed by atoms with van der Waals surface area (Å²) in [6.07, 6.45) is 3.44. The zero-order chi connectivity index (χ0) is 23.1. The molecule has 0 aromatic carbocycles. The van der Waals surface area contributed by atoms with Gasteiger partial charge in [-0.15, -0.1) is 22.7 Å². The van der Waals surface area contributed by atoms with Crippen molar-refractivity contribution in [1.82, 2.24) is 24.7 Å². The number of thiazole rings is 1. The standard InChI is InChI=1S/C24H22N6OS2/c1-13(2)30-22-18(11-26-30)17(10-20(27-22)16-9-14(3)33-15(16)4)23(31)29-24-28-21(12-32-24)19-7-5-6-8-25-19/h5-13H,1-4H3,(H,28,29,31). The van der Waals surface area contributed by atoms with Gasteiger partial charge in [0.25, 0.3) is 5.91 Å². The molecule has 5 aromatic heterocycles. The van der Waals surface area contributed by atoms with Crippen molar-refractivity contribution < 1.29 is 4.79 Å². The van der Waals surface area contributed by atoms with Crippen molar-refractivity contribution in [2.24, 2.45) is 0 Å². The molecular formula is C24H22N6OS2. The summed E-state index contributed by atoms with van der Waals surface area (Å²) in [5.74, 6) is -0.238. The van der Waals surface area contributed by atoms with Crippen LogP contribution in [-0.2, 0) is 0 Å². The predicted molar refractivity (Wildman–Crippen MR) is 134 cm³/mol. The molecule has 7 nitrogen and oxygen atoms in total. The number of hydrogen-bond acceptors (Lipinski definition) is 7. The van der Waals surface area contributed by atoms with Crippen LogP contribution in [0.5, 0.6) is 0 Å². The number of fused-ring (bicyclic) bond motifs is 1. The first kappa shape index (κ1) is 21.4. The van der Waals surface area contributed by atoms with Gasteiger partial charge in [0, 0.05) is 32.9 Å². The first-order valence-corrected chi connectivity index (χ1v) is 12.2. The molecule has 0 unspecified atom stereocenters. The lowest BCUT2D eigenvalue weighted by molar-refractivity contribution is 0.102. The number of amides is 1. The molecule has 0 aliphatic rings. The van der Waals surface area contributed by atoms with E-state index in [1.165, 1.54) is 21.1 Å². The van der Waals surface area contributed by atoms with Gasteiger partial charge in [-0.05, 0) is 52.0 Å². The Labute approximate surface area is 199 Å². The van der Waals surface area contributed by atoms with E-state index in [1.54, 1.807) is 23.7 Å². The lowest BCUT2D eigenvalue weighted by atomic mass is 10.1. The number of carbonyl (C=O) groups excluding carboxylic acids is 1. The van der Waals surface area contributed by atoms with Gasteiger partial charge in [0.05, 0.1) is 28.5 Å². The van der Waals surface area contributed by atoms with E-state index in [4.69, 9.17) is 4.98 Å². The van der Waals surface area contributed by atoms with Gasteiger partial charge in [-0.25, -0.2) is 14.6 Å². The monoisotopic (exact) mass is 474 g/mol. The molecule has 9 heteroatoms. The van der Waals surface area contributed by atoms with E-state index in [0.717, 1.165) is 28.0 Å². The highest BCUT2D eigenvalue weighted by atomic mass is 32.1. The van der Waals surface area contributed by atoms with Crippen molar-refractivity contribution in [2.75, 3.05) is 5.32 Å². The Balaban J connectivity index is 1.56. The fraction of sp³-hybridized carbons (Fsp3) is 0.208. The van der Waals surface area contributed by atoms with Gasteiger partial charge >= 0.3 is 0 Å². The minimum Gasteiger partial charge on any atom is -0.298 e. The maximum atomic E-state index is 13.4. The van der Waals surface area contributed by atoms with Crippen molar-refractivity contribution in [3.05, 3.63) is 63.4 Å². The molecule has 0 atom stereocenters. The first-order valence-electron chi connectivity index (χ1n) is 10.5. The summed E-state index contributed by atoms with van der Waals surface area (Å²) in [5, 5.41) is 10.6. The molecule has 33 heavy (non-hydrogen) atoms. The van der Waals surface area contributed by atoms with E-state index in [2.05, 4.69) is 54.1 Å². The minimum atomic E-state index is -0.238. The van der Waals surface area contributed by atoms with Crippen LogP contribution >= 0.6 is 22.7 Å². The normalized spacial score (nSPS) is 11.4. The summed E-state index contributed by atoms with van der Waals surface area (Å²) < 4.78 is 1.85. The summed E-state index contributed by atoms with van der Waals surface area (Å²) in [6, 6.07) is 9.75. The van der Waals surface area contributed by atoms with Gasteiger partial charge in [0.15, 0.2) is 10.8 Å². The van der Waals surface area contributed by atoms with Crippen LogP contribution in [0.4, 0.5) is 5.13 Å². The Kier molecular flexibility index (Phi) is 5.51. The molecule has 0 aliphatic heterocycles. The third-order valence-corrected chi connectivity index (χ3v) is 6.99. The molecule has 0 saturated carbocycles. The Hall–Kier alpha value is -3.43. The Morgan fingerprint density at radius 2 is 1.94 bits per heavy atom. The third kappa shape index (κ3) is 4.05. The zero-order valence-corrected chi connectivity index (χ0v) is 20.3. The molecule has 0 fully saturated rings. The van der Waals surface area contributed by atoms with E-state index >= 15 is 0 Å². The van der Waals surface area contributed by atoms with Crippen LogP contribution in [-0.4, -0.2) is 30.6 Å². The number of rotatable bonds is 5. The third-order valence-electron chi connectivity index (χ3n) is 5.27. The smallest absolute Gasteiger partial charge is 0.258 e. The van der Waals surface area contributed by atoms with Crippen LogP contribution in [0.2, 0.25) is 0 Å². The van der Waals surface area contributed by atoms with Crippen LogP contribution < -0.4 is 5.32 Å². The lowest BCUT2D eigenvalue weighted by Gasteiger charge is -2.10. The number of thiophene rings is 1. The van der Waals surface area contributed by atoms with Crippen LogP contribution in [0.25, 0.3) is 33.7 Å². The summed E-state index contributed by atoms with van der Waals surface area (Å²) >= 11 is 3.09. The number of nitrogens with zero attached hydrogens (tertiary/aromatic N) is 5. The molecular weight excluding hydrogens is 452 g/mol. The van der Waals surface area contributed by atoms with E-state index < -0.39 is 0 Å². The summed E-state index contributed by atoms with van der Waals surface area (Å²) in [4.78, 5) is 29.6. The maximum Gasteiger partial charge on any atom is 0.258 e. The highest BCUT2D eigenvalue weighted by Gasteiger charge is 2.21. The number of anilines is 1. The van der Waals surface area contributed by atoms with Crippen molar-refractivity contribution in [1.29, 1.82) is 0 Å². The van der Waals surface area contributed by atoms with E-state index in [9.17, 15) is 4.79 Å². The second-order valence-electron chi connectivity index (χ2n) is 8.01. The maximum absolute atomic E-state index is 13.4. The SMILES string of the molecule is Cc1cc(-c2cc(C(=O)Nc3nc(-c4ccccn4)cs3)c3cnn(C(C)C)c3n2)c(C)s1. The molecule has 0 saturated heterocycles. The van der Waals surface area contributed by atoms with Crippen LogP contribution in [0.1, 0.15) is 40.0 Å². The van der Waals surface area contributed by atoms with Gasteiger partial charge in [-0.1, -0.05) is 6.07 Å². The highest BCUT2D eigenvalue weighted by Crippen LogP contribution is 2.33. The molecule has 0 spiro atoms. The topological polar surface area (TPSA) is 85.6 Å². The molecule has 0 radical (unpaired) electrons. The molecule has 1 N–H and O–H groups in total. The molecule has 5 rings (SSSR count). The molecule has 5 aromatic rings. The van der Waals surface area contributed by atoms with Crippen LogP contribution in [0, 0.1) is 13.8 Å². The number of carbonyl (C=O) groups is 1. The van der Waals surface area contributed by atoms with E-state index in [-0.39, 0.29) is 11.9 Å². The lowest BCUT2D eigenvalue weighted by Crippen LogP contribution is -2.13. The Morgan fingerprint density at radius 3 is 2.64 bits per heavy atom. The van der Waals surface area contributed by atoms with Crippen molar-refractivity contribution in [3.63, 3.8) is 0 Å². The van der Waals surface area contributed by atoms with Gasteiger partial charge in [-0.3, -0.25) is 15.1 Å². The summed E-state index contributed by atoms with van der Waals surface area (Å²) in [7, 11) is 0. The van der Waals surface area contributed by atoms with Crippen molar-refractivity contribution in [3.8, 4) is 22.6 Å². The molecule has 0 aliphatic carbocycles. The average molecular weight is 475 g/mol. The minimum absolute atomic E-state index is 0.117. The Bertz CT molecular complexity index is 1470. The van der Waals surface area contributed by atoms with E-state index in [1.807, 2.05) is 34.3 Å². The van der Waals surface area contributed by atoms with E-state index in [0.29, 0.717) is 16.3 Å². The second kappa shape index (κ2) is 8.49. The van der Waals surface area contributed by atoms with Crippen LogP contribution in [0.3, 0.4) is 0 Å². The molecule has 0 bridgehead atoms. The van der Waals surface area contributed by atoms with Gasteiger partial charge in [0.1, 0.15) is 5.69 Å². The number of pyridine rings is 2. The zero-order valence-electron chi connectivity index (χ0n) is 18.7. The van der Waals surface area contributed by atoms with Crippen LogP contribution in [0.15, 0.2) is 48.1 Å². The summed E-state index contributed by atoms with van der Waals surface area (Å²) in [6.45, 7) is 8.25. The second-order valence-corrected chi connectivity index (χ2v) is 10.3. The number of nitrogens with one attached hydrogen (secondary N) is 1. The molecule has 166 valence electrons. The molecule has 5 heterocycles. The number of aryl methyl sites for hydroxylation is 2. The molecule has 1 amide bonds. The quantitative estimate of drug-likeness (QED) is 0.331. The largest absolute Gasteiger partial charge is 0.298 e. The highest BCUT2D eigenvalue weighted by molar-refractivity contribution is 7.14. The summed E-state index contributed by atoms with van der Waals surface area (Å²) in [5.41, 5.74) is 4.53. The fourth-order valence-corrected chi connectivity index (χ4v) is 5.37. The fourth-order valence-electron chi connectivity index (χ4n) is 3.73. The average Bonchev–Trinajstić information content (AvgIpc) is 3.51.